The van der Waals surface area contributed by atoms with Gasteiger partial charge in [0.15, 0.2) is 11.6 Å². The van der Waals surface area contributed by atoms with E-state index in [1.165, 1.54) is 5.57 Å². The van der Waals surface area contributed by atoms with E-state index >= 15 is 0 Å². The van der Waals surface area contributed by atoms with E-state index in [0.717, 1.165) is 38.5 Å². The Labute approximate surface area is 201 Å². The molecule has 3 saturated carbocycles. The Bertz CT molecular complexity index is 882. The lowest BCUT2D eigenvalue weighted by atomic mass is 9.44. The first kappa shape index (κ1) is 23.4. The fraction of sp³-hybridized carbons (Fsp3) is 0.852. The van der Waals surface area contributed by atoms with Crippen molar-refractivity contribution < 1.29 is 34.3 Å². The lowest BCUT2D eigenvalue weighted by Crippen LogP contribution is -2.63. The van der Waals surface area contributed by atoms with Crippen molar-refractivity contribution in [3.8, 4) is 12.3 Å². The van der Waals surface area contributed by atoms with Crippen LogP contribution in [0, 0.1) is 46.8 Å². The fourth-order valence-corrected chi connectivity index (χ4v) is 9.34. The lowest BCUT2D eigenvalue weighted by molar-refractivity contribution is -0.265. The zero-order valence-corrected chi connectivity index (χ0v) is 20.1. The van der Waals surface area contributed by atoms with E-state index in [0.29, 0.717) is 32.8 Å². The average molecular weight is 475 g/mol. The molecule has 0 radical (unpaired) electrons. The van der Waals surface area contributed by atoms with Crippen LogP contribution >= 0.6 is 0 Å². The minimum atomic E-state index is -1.16. The molecular formula is C27H38O7. The zero-order chi connectivity index (χ0) is 23.8. The summed E-state index contributed by atoms with van der Waals surface area (Å²) in [6.45, 7) is 4.13. The molecule has 6 aliphatic rings. The molecule has 0 aromatic heterocycles. The molecule has 34 heavy (non-hydrogen) atoms. The van der Waals surface area contributed by atoms with E-state index in [-0.39, 0.29) is 35.7 Å². The van der Waals surface area contributed by atoms with Crippen molar-refractivity contribution in [3.63, 3.8) is 0 Å². The molecule has 7 heteroatoms. The van der Waals surface area contributed by atoms with E-state index in [1.54, 1.807) is 0 Å². The predicted molar refractivity (Wildman–Crippen MR) is 122 cm³/mol. The molecule has 0 amide bonds. The molecule has 188 valence electrons. The van der Waals surface area contributed by atoms with Crippen LogP contribution in [0.2, 0.25) is 0 Å². The number of aliphatic hydroxyl groups excluding tert-OH is 3. The number of rotatable bonds is 3. The van der Waals surface area contributed by atoms with Crippen LogP contribution < -0.4 is 0 Å². The molecule has 3 N–H and O–H groups in total. The Morgan fingerprint density at radius 3 is 2.50 bits per heavy atom. The predicted octanol–water partition coefficient (Wildman–Crippen LogP) is 1.99. The molecule has 0 aromatic rings. The number of terminal acetylenes is 1. The minimum Gasteiger partial charge on any atom is -0.393 e. The summed E-state index contributed by atoms with van der Waals surface area (Å²) in [5, 5.41) is 33.5. The lowest BCUT2D eigenvalue weighted by Gasteiger charge is -2.62. The zero-order valence-electron chi connectivity index (χ0n) is 20.1. The summed E-state index contributed by atoms with van der Waals surface area (Å²) in [4.78, 5) is 0. The monoisotopic (exact) mass is 474 g/mol. The first-order chi connectivity index (χ1) is 16.3. The van der Waals surface area contributed by atoms with Crippen LogP contribution in [0.3, 0.4) is 0 Å². The molecule has 1 spiro atoms. The third-order valence-corrected chi connectivity index (χ3v) is 10.7. The summed E-state index contributed by atoms with van der Waals surface area (Å²) in [5.74, 6) is 1.09. The Balaban J connectivity index is 1.38. The van der Waals surface area contributed by atoms with Crippen molar-refractivity contribution in [1.82, 2.24) is 0 Å². The van der Waals surface area contributed by atoms with Gasteiger partial charge in [0.1, 0.15) is 6.10 Å². The van der Waals surface area contributed by atoms with Gasteiger partial charge in [-0.2, -0.15) is 0 Å². The first-order valence-corrected chi connectivity index (χ1v) is 13.0. The molecule has 0 aromatic carbocycles. The SMILES string of the molecule is C#CC(O)[C@]12C[C@H](O)[C@H]3[C@@H](CC=C4CC5(CC[C@@]43C)OCCO5)[C@@H]1CC[C@@H]2C1(CO)OCCO1. The minimum absolute atomic E-state index is 0.0867. The summed E-state index contributed by atoms with van der Waals surface area (Å²) in [6, 6.07) is 0. The maximum Gasteiger partial charge on any atom is 0.195 e. The normalized spacial score (nSPS) is 47.4. The van der Waals surface area contributed by atoms with Crippen LogP contribution in [0.5, 0.6) is 0 Å². The highest BCUT2D eigenvalue weighted by Crippen LogP contribution is 2.69. The van der Waals surface area contributed by atoms with E-state index in [4.69, 9.17) is 25.4 Å². The summed E-state index contributed by atoms with van der Waals surface area (Å²) in [7, 11) is 0. The van der Waals surface area contributed by atoms with Gasteiger partial charge in [-0.3, -0.25) is 0 Å². The van der Waals surface area contributed by atoms with Gasteiger partial charge in [0.2, 0.25) is 0 Å². The highest BCUT2D eigenvalue weighted by Gasteiger charge is 2.70. The van der Waals surface area contributed by atoms with Crippen molar-refractivity contribution in [3.05, 3.63) is 11.6 Å². The molecule has 8 atom stereocenters. The van der Waals surface area contributed by atoms with Crippen molar-refractivity contribution in [1.29, 1.82) is 0 Å². The average Bonchev–Trinajstić information content (AvgIpc) is 3.58. The Kier molecular flexibility index (Phi) is 5.52. The highest BCUT2D eigenvalue weighted by atomic mass is 16.7. The Morgan fingerprint density at radius 2 is 1.82 bits per heavy atom. The first-order valence-electron chi connectivity index (χ1n) is 13.0. The maximum absolute atomic E-state index is 11.8. The molecule has 2 saturated heterocycles. The number of hydrogen-bond donors (Lipinski definition) is 3. The molecular weight excluding hydrogens is 436 g/mol. The molecule has 5 fully saturated rings. The van der Waals surface area contributed by atoms with Crippen LogP contribution in [0.15, 0.2) is 11.6 Å². The van der Waals surface area contributed by atoms with E-state index in [9.17, 15) is 15.3 Å². The molecule has 4 aliphatic carbocycles. The number of allylic oxidation sites excluding steroid dienone is 1. The quantitative estimate of drug-likeness (QED) is 0.425. The standard InChI is InChI=1S/C27H38O7/c1-3-22(30)26-15-20(29)23-18(19(26)6-7-21(26)27(16-28)33-12-13-34-27)5-4-17-14-25(31-10-11-32-25)9-8-24(17,23)2/h1,4,18-23,28-30H,5-16H2,2H3/t18-,19-,20-,21-,22?,23+,24-,26+/m0/s1. The number of aliphatic hydroxyl groups is 3. The van der Waals surface area contributed by atoms with Crippen molar-refractivity contribution in [2.75, 3.05) is 33.0 Å². The topological polar surface area (TPSA) is 97.6 Å². The van der Waals surface area contributed by atoms with E-state index < -0.39 is 29.2 Å². The van der Waals surface area contributed by atoms with Gasteiger partial charge >= 0.3 is 0 Å². The number of fused-ring (bicyclic) bond motifs is 5. The van der Waals surface area contributed by atoms with Crippen LogP contribution in [0.1, 0.15) is 51.9 Å². The molecule has 6 rings (SSSR count). The van der Waals surface area contributed by atoms with Crippen LogP contribution in [-0.4, -0.2) is 72.1 Å². The van der Waals surface area contributed by atoms with Gasteiger partial charge < -0.3 is 34.3 Å². The summed E-state index contributed by atoms with van der Waals surface area (Å²) >= 11 is 0. The van der Waals surface area contributed by atoms with Crippen LogP contribution in [-0.2, 0) is 18.9 Å². The van der Waals surface area contributed by atoms with Gasteiger partial charge in [0, 0.05) is 24.2 Å². The van der Waals surface area contributed by atoms with Gasteiger partial charge in [-0.15, -0.1) is 6.42 Å². The highest BCUT2D eigenvalue weighted by molar-refractivity contribution is 5.29. The number of ether oxygens (including phenoxy) is 4. The van der Waals surface area contributed by atoms with Crippen molar-refractivity contribution in [2.45, 2.75) is 75.7 Å². The van der Waals surface area contributed by atoms with Gasteiger partial charge in [-0.25, -0.2) is 0 Å². The van der Waals surface area contributed by atoms with Gasteiger partial charge in [0.25, 0.3) is 0 Å². The van der Waals surface area contributed by atoms with Crippen molar-refractivity contribution in [2.24, 2.45) is 34.5 Å². The fourth-order valence-electron chi connectivity index (χ4n) is 9.34. The van der Waals surface area contributed by atoms with Gasteiger partial charge in [-0.1, -0.05) is 24.5 Å². The molecule has 1 unspecified atom stereocenters. The summed E-state index contributed by atoms with van der Waals surface area (Å²) in [6.07, 6.45) is 11.9. The smallest absolute Gasteiger partial charge is 0.195 e. The second-order valence-corrected chi connectivity index (χ2v) is 11.7. The second-order valence-electron chi connectivity index (χ2n) is 11.7. The molecule has 2 heterocycles. The van der Waals surface area contributed by atoms with E-state index in [2.05, 4.69) is 18.9 Å². The maximum atomic E-state index is 11.8. The van der Waals surface area contributed by atoms with Gasteiger partial charge in [0.05, 0.1) is 39.1 Å². The largest absolute Gasteiger partial charge is 0.393 e. The number of hydrogen-bond acceptors (Lipinski definition) is 7. The van der Waals surface area contributed by atoms with Crippen LogP contribution in [0.25, 0.3) is 0 Å². The third kappa shape index (κ3) is 2.97. The van der Waals surface area contributed by atoms with E-state index in [1.807, 2.05) is 0 Å². The molecule has 0 bridgehead atoms. The summed E-state index contributed by atoms with van der Waals surface area (Å²) < 4.78 is 24.1. The third-order valence-electron chi connectivity index (χ3n) is 10.7. The Hall–Kier alpha value is -0.980. The molecule has 2 aliphatic heterocycles. The Morgan fingerprint density at radius 1 is 1.12 bits per heavy atom. The van der Waals surface area contributed by atoms with Crippen LogP contribution in [0.4, 0.5) is 0 Å². The summed E-state index contributed by atoms with van der Waals surface area (Å²) in [5.41, 5.74) is 0.454. The molecule has 7 nitrogen and oxygen atoms in total. The second kappa shape index (κ2) is 8.01. The van der Waals surface area contributed by atoms with Gasteiger partial charge in [-0.05, 0) is 55.3 Å². The van der Waals surface area contributed by atoms with Crippen molar-refractivity contribution >= 4 is 0 Å².